The summed E-state index contributed by atoms with van der Waals surface area (Å²) < 4.78 is 27.9. The van der Waals surface area contributed by atoms with Crippen molar-refractivity contribution in [2.24, 2.45) is 0 Å². The second-order valence-electron chi connectivity index (χ2n) is 8.60. The average molecular weight is 500 g/mol. The zero-order valence-corrected chi connectivity index (χ0v) is 21.1. The SMILES string of the molecule is COc1cc(C(=O)Nc2c(-c3cc(=O)oc4cc(C)cc(C)c34)oc3ccccc23)cc(OC)c1OC. The number of para-hydroxylation sites is 1. The lowest BCUT2D eigenvalue weighted by atomic mass is 10.00. The molecule has 0 saturated heterocycles. The van der Waals surface area contributed by atoms with E-state index >= 15 is 0 Å². The first kappa shape index (κ1) is 24.0. The first-order valence-corrected chi connectivity index (χ1v) is 11.5. The van der Waals surface area contributed by atoms with Gasteiger partial charge in [0, 0.05) is 28.0 Å². The second-order valence-corrected chi connectivity index (χ2v) is 8.60. The van der Waals surface area contributed by atoms with Gasteiger partial charge in [0.15, 0.2) is 17.3 Å². The molecule has 188 valence electrons. The molecule has 37 heavy (non-hydrogen) atoms. The Kier molecular flexibility index (Phi) is 6.09. The predicted molar refractivity (Wildman–Crippen MR) is 141 cm³/mol. The molecule has 0 fully saturated rings. The van der Waals surface area contributed by atoms with Crippen molar-refractivity contribution >= 4 is 33.5 Å². The molecule has 8 heteroatoms. The van der Waals surface area contributed by atoms with Crippen LogP contribution in [0, 0.1) is 13.8 Å². The highest BCUT2D eigenvalue weighted by Crippen LogP contribution is 2.42. The number of carbonyl (C=O) groups excluding carboxylic acids is 1. The summed E-state index contributed by atoms with van der Waals surface area (Å²) in [4.78, 5) is 26.1. The van der Waals surface area contributed by atoms with Gasteiger partial charge in [0.1, 0.15) is 11.2 Å². The van der Waals surface area contributed by atoms with E-state index in [-0.39, 0.29) is 5.56 Å². The Labute approximate surface area is 212 Å². The van der Waals surface area contributed by atoms with Gasteiger partial charge in [-0.2, -0.15) is 0 Å². The highest BCUT2D eigenvalue weighted by molar-refractivity contribution is 6.14. The average Bonchev–Trinajstić information content (AvgIpc) is 3.24. The molecule has 3 aromatic carbocycles. The molecule has 5 aromatic rings. The fourth-order valence-corrected chi connectivity index (χ4v) is 4.62. The number of ether oxygens (including phenoxy) is 3. The summed E-state index contributed by atoms with van der Waals surface area (Å²) in [5, 5.41) is 4.40. The van der Waals surface area contributed by atoms with Crippen LogP contribution in [0.1, 0.15) is 21.5 Å². The van der Waals surface area contributed by atoms with Crippen LogP contribution in [-0.4, -0.2) is 27.2 Å². The normalized spacial score (nSPS) is 11.1. The van der Waals surface area contributed by atoms with E-state index in [4.69, 9.17) is 23.0 Å². The maximum atomic E-state index is 13.5. The van der Waals surface area contributed by atoms with Crippen molar-refractivity contribution in [1.29, 1.82) is 0 Å². The molecule has 0 radical (unpaired) electrons. The number of anilines is 1. The number of benzene rings is 3. The summed E-state index contributed by atoms with van der Waals surface area (Å²) >= 11 is 0. The third-order valence-electron chi connectivity index (χ3n) is 6.19. The van der Waals surface area contributed by atoms with Gasteiger partial charge in [0.05, 0.1) is 27.0 Å². The van der Waals surface area contributed by atoms with Crippen LogP contribution in [0.3, 0.4) is 0 Å². The van der Waals surface area contributed by atoms with E-state index in [1.54, 1.807) is 18.2 Å². The Hall–Kier alpha value is -4.72. The first-order valence-electron chi connectivity index (χ1n) is 11.5. The fraction of sp³-hybridized carbons (Fsp3) is 0.172. The van der Waals surface area contributed by atoms with Gasteiger partial charge in [-0.25, -0.2) is 4.79 Å². The van der Waals surface area contributed by atoms with Crippen molar-refractivity contribution in [3.8, 4) is 28.6 Å². The van der Waals surface area contributed by atoms with E-state index in [9.17, 15) is 9.59 Å². The van der Waals surface area contributed by atoms with Gasteiger partial charge in [0.25, 0.3) is 5.91 Å². The van der Waals surface area contributed by atoms with E-state index in [1.165, 1.54) is 27.4 Å². The number of hydrogen-bond donors (Lipinski definition) is 1. The third-order valence-corrected chi connectivity index (χ3v) is 6.19. The summed E-state index contributed by atoms with van der Waals surface area (Å²) in [6, 6.07) is 15.7. The minimum atomic E-state index is -0.519. The number of nitrogens with one attached hydrogen (secondary N) is 1. The van der Waals surface area contributed by atoms with E-state index in [0.717, 1.165) is 16.5 Å². The van der Waals surface area contributed by atoms with Crippen LogP contribution in [0.2, 0.25) is 0 Å². The number of aryl methyl sites for hydroxylation is 2. The van der Waals surface area contributed by atoms with Gasteiger partial charge < -0.3 is 28.4 Å². The zero-order valence-electron chi connectivity index (χ0n) is 21.1. The Balaban J connectivity index is 1.71. The minimum Gasteiger partial charge on any atom is -0.493 e. The van der Waals surface area contributed by atoms with Crippen LogP contribution >= 0.6 is 0 Å². The summed E-state index contributed by atoms with van der Waals surface area (Å²) in [5.41, 5.74) is 3.61. The number of rotatable bonds is 6. The fourth-order valence-electron chi connectivity index (χ4n) is 4.62. The lowest BCUT2D eigenvalue weighted by molar-refractivity contribution is 0.102. The van der Waals surface area contributed by atoms with Crippen LogP contribution in [0.25, 0.3) is 33.3 Å². The Morgan fingerprint density at radius 3 is 2.22 bits per heavy atom. The number of fused-ring (bicyclic) bond motifs is 2. The quantitative estimate of drug-likeness (QED) is 0.282. The Bertz CT molecular complexity index is 1700. The maximum absolute atomic E-state index is 13.5. The van der Waals surface area contributed by atoms with Crippen LogP contribution in [0.5, 0.6) is 17.2 Å². The van der Waals surface area contributed by atoms with Crippen LogP contribution < -0.4 is 25.2 Å². The molecule has 0 atom stereocenters. The monoisotopic (exact) mass is 499 g/mol. The van der Waals surface area contributed by atoms with Crippen LogP contribution in [0.15, 0.2) is 68.2 Å². The van der Waals surface area contributed by atoms with Gasteiger partial charge in [0.2, 0.25) is 5.75 Å². The Morgan fingerprint density at radius 2 is 1.54 bits per heavy atom. The van der Waals surface area contributed by atoms with E-state index < -0.39 is 11.5 Å². The second kappa shape index (κ2) is 9.39. The van der Waals surface area contributed by atoms with Crippen molar-refractivity contribution in [2.75, 3.05) is 26.6 Å². The van der Waals surface area contributed by atoms with Crippen molar-refractivity contribution in [3.63, 3.8) is 0 Å². The zero-order chi connectivity index (χ0) is 26.3. The summed E-state index contributed by atoms with van der Waals surface area (Å²) in [7, 11) is 4.46. The van der Waals surface area contributed by atoms with Crippen molar-refractivity contribution in [2.45, 2.75) is 13.8 Å². The lowest BCUT2D eigenvalue weighted by Gasteiger charge is -2.14. The number of carbonyl (C=O) groups is 1. The molecule has 0 aliphatic carbocycles. The molecule has 0 spiro atoms. The van der Waals surface area contributed by atoms with Crippen LogP contribution in [-0.2, 0) is 0 Å². The molecule has 8 nitrogen and oxygen atoms in total. The standard InChI is InChI=1S/C29H25NO7/c1-15-10-16(2)25-19(14-24(31)36-21(25)11-15)27-26(18-8-6-7-9-20(18)37-27)30-29(32)17-12-22(33-3)28(35-5)23(13-17)34-4/h6-14H,1-5H3,(H,30,32). The molecule has 5 rings (SSSR count). The van der Waals surface area contributed by atoms with E-state index in [0.29, 0.717) is 50.8 Å². The van der Waals surface area contributed by atoms with Crippen molar-refractivity contribution in [3.05, 3.63) is 81.7 Å². The first-order chi connectivity index (χ1) is 17.8. The summed E-state index contributed by atoms with van der Waals surface area (Å²) in [6.07, 6.45) is 0. The van der Waals surface area contributed by atoms with Crippen LogP contribution in [0.4, 0.5) is 5.69 Å². The van der Waals surface area contributed by atoms with Gasteiger partial charge in [-0.3, -0.25) is 4.79 Å². The third kappa shape index (κ3) is 4.16. The molecule has 2 heterocycles. The highest BCUT2D eigenvalue weighted by Gasteiger charge is 2.24. The summed E-state index contributed by atoms with van der Waals surface area (Å²) in [5.74, 6) is 1.01. The molecule has 1 N–H and O–H groups in total. The predicted octanol–water partition coefficient (Wildman–Crippen LogP) is 6.10. The molecule has 0 unspecified atom stereocenters. The van der Waals surface area contributed by atoms with Gasteiger partial charge in [-0.15, -0.1) is 0 Å². The van der Waals surface area contributed by atoms with Gasteiger partial charge >= 0.3 is 5.63 Å². The lowest BCUT2D eigenvalue weighted by Crippen LogP contribution is -2.13. The molecule has 2 aromatic heterocycles. The number of furan rings is 1. The number of amides is 1. The Morgan fingerprint density at radius 1 is 0.838 bits per heavy atom. The molecule has 0 saturated carbocycles. The highest BCUT2D eigenvalue weighted by atomic mass is 16.5. The van der Waals surface area contributed by atoms with E-state index in [1.807, 2.05) is 44.2 Å². The minimum absolute atomic E-state index is 0.287. The molecule has 0 aliphatic heterocycles. The molecule has 0 aliphatic rings. The molecule has 1 amide bonds. The van der Waals surface area contributed by atoms with Crippen molar-refractivity contribution in [1.82, 2.24) is 0 Å². The van der Waals surface area contributed by atoms with Gasteiger partial charge in [-0.1, -0.05) is 18.2 Å². The molecular formula is C29H25NO7. The summed E-state index contributed by atoms with van der Waals surface area (Å²) in [6.45, 7) is 3.87. The maximum Gasteiger partial charge on any atom is 0.336 e. The molecule has 0 bridgehead atoms. The molecular weight excluding hydrogens is 474 g/mol. The van der Waals surface area contributed by atoms with Gasteiger partial charge in [-0.05, 0) is 55.3 Å². The number of hydrogen-bond acceptors (Lipinski definition) is 7. The topological polar surface area (TPSA) is 100 Å². The smallest absolute Gasteiger partial charge is 0.336 e. The number of methoxy groups -OCH3 is 3. The van der Waals surface area contributed by atoms with Crippen molar-refractivity contribution < 1.29 is 27.8 Å². The largest absolute Gasteiger partial charge is 0.493 e. The van der Waals surface area contributed by atoms with E-state index in [2.05, 4.69) is 5.32 Å².